The van der Waals surface area contributed by atoms with Gasteiger partial charge in [-0.15, -0.1) is 6.58 Å². The van der Waals surface area contributed by atoms with Crippen LogP contribution in [-0.2, 0) is 9.53 Å². The standard InChI is InChI=1S/C17H16O3/c1-3-6-16(20-12(2)18)17(19)15-10-9-13-7-4-5-8-14(13)11-15/h3-5,7-11,16H,1,6H2,2H3/t16-/m0/s1. The Morgan fingerprint density at radius 2 is 1.90 bits per heavy atom. The predicted octanol–water partition coefficient (Wildman–Crippen LogP) is 3.53. The maximum Gasteiger partial charge on any atom is 0.303 e. The molecule has 0 saturated carbocycles. The van der Waals surface area contributed by atoms with Gasteiger partial charge in [0.1, 0.15) is 0 Å². The van der Waals surface area contributed by atoms with E-state index in [4.69, 9.17) is 4.74 Å². The Hall–Kier alpha value is -2.42. The third-order valence-corrected chi connectivity index (χ3v) is 3.02. The Morgan fingerprint density at radius 1 is 1.20 bits per heavy atom. The largest absolute Gasteiger partial charge is 0.454 e. The van der Waals surface area contributed by atoms with E-state index < -0.39 is 12.1 Å². The van der Waals surface area contributed by atoms with Crippen molar-refractivity contribution < 1.29 is 14.3 Å². The lowest BCUT2D eigenvalue weighted by atomic mass is 10.00. The van der Waals surface area contributed by atoms with Crippen LogP contribution in [-0.4, -0.2) is 17.9 Å². The molecule has 3 nitrogen and oxygen atoms in total. The fourth-order valence-corrected chi connectivity index (χ4v) is 2.09. The summed E-state index contributed by atoms with van der Waals surface area (Å²) in [6.07, 6.45) is 1.09. The second kappa shape index (κ2) is 6.15. The number of carbonyl (C=O) groups excluding carboxylic acids is 2. The van der Waals surface area contributed by atoms with Crippen LogP contribution in [0.1, 0.15) is 23.7 Å². The highest BCUT2D eigenvalue weighted by Crippen LogP contribution is 2.18. The number of ether oxygens (including phenoxy) is 1. The Balaban J connectivity index is 2.32. The van der Waals surface area contributed by atoms with Crippen LogP contribution in [0, 0.1) is 0 Å². The van der Waals surface area contributed by atoms with Crippen molar-refractivity contribution in [3.8, 4) is 0 Å². The van der Waals surface area contributed by atoms with E-state index in [0.717, 1.165) is 10.8 Å². The van der Waals surface area contributed by atoms with Crippen molar-refractivity contribution in [2.45, 2.75) is 19.4 Å². The van der Waals surface area contributed by atoms with Crippen molar-refractivity contribution >= 4 is 22.5 Å². The van der Waals surface area contributed by atoms with Gasteiger partial charge in [0.2, 0.25) is 5.78 Å². The third-order valence-electron chi connectivity index (χ3n) is 3.02. The van der Waals surface area contributed by atoms with Crippen molar-refractivity contribution in [2.24, 2.45) is 0 Å². The topological polar surface area (TPSA) is 43.4 Å². The first-order valence-electron chi connectivity index (χ1n) is 6.43. The smallest absolute Gasteiger partial charge is 0.303 e. The molecule has 0 aliphatic heterocycles. The minimum absolute atomic E-state index is 0.203. The van der Waals surface area contributed by atoms with Crippen molar-refractivity contribution in [2.75, 3.05) is 0 Å². The van der Waals surface area contributed by atoms with Crippen LogP contribution in [0.2, 0.25) is 0 Å². The number of ketones is 1. The van der Waals surface area contributed by atoms with Gasteiger partial charge < -0.3 is 4.74 Å². The molecule has 0 spiro atoms. The molecule has 1 atom stereocenters. The molecule has 0 unspecified atom stereocenters. The second-order valence-electron chi connectivity index (χ2n) is 4.55. The quantitative estimate of drug-likeness (QED) is 0.473. The molecule has 3 heteroatoms. The van der Waals surface area contributed by atoms with Crippen molar-refractivity contribution in [3.05, 3.63) is 60.7 Å². The van der Waals surface area contributed by atoms with Crippen LogP contribution in [0.4, 0.5) is 0 Å². The van der Waals surface area contributed by atoms with Gasteiger partial charge in [-0.3, -0.25) is 9.59 Å². The Kier molecular flexibility index (Phi) is 4.31. The summed E-state index contributed by atoms with van der Waals surface area (Å²) in [7, 11) is 0. The van der Waals surface area contributed by atoms with Crippen LogP contribution in [0.5, 0.6) is 0 Å². The number of rotatable bonds is 5. The summed E-state index contributed by atoms with van der Waals surface area (Å²) in [5.41, 5.74) is 0.539. The molecule has 0 aromatic heterocycles. The molecular formula is C17H16O3. The van der Waals surface area contributed by atoms with Gasteiger partial charge in [-0.1, -0.05) is 42.5 Å². The van der Waals surface area contributed by atoms with E-state index in [2.05, 4.69) is 6.58 Å². The van der Waals surface area contributed by atoms with E-state index in [-0.39, 0.29) is 5.78 Å². The van der Waals surface area contributed by atoms with Crippen LogP contribution in [0.25, 0.3) is 10.8 Å². The van der Waals surface area contributed by atoms with Crippen LogP contribution < -0.4 is 0 Å². The minimum Gasteiger partial charge on any atom is -0.454 e. The SMILES string of the molecule is C=CC[C@H](OC(C)=O)C(=O)c1ccc2ccccc2c1. The van der Waals surface area contributed by atoms with Gasteiger partial charge in [-0.25, -0.2) is 0 Å². The summed E-state index contributed by atoms with van der Waals surface area (Å²) < 4.78 is 5.06. The highest BCUT2D eigenvalue weighted by Gasteiger charge is 2.21. The lowest BCUT2D eigenvalue weighted by molar-refractivity contribution is -0.144. The highest BCUT2D eigenvalue weighted by molar-refractivity contribution is 6.03. The van der Waals surface area contributed by atoms with E-state index in [1.54, 1.807) is 12.1 Å². The van der Waals surface area contributed by atoms with Gasteiger partial charge in [0.05, 0.1) is 0 Å². The lowest BCUT2D eigenvalue weighted by Gasteiger charge is -2.14. The maximum absolute atomic E-state index is 12.4. The molecule has 2 rings (SSSR count). The zero-order chi connectivity index (χ0) is 14.5. The number of esters is 1. The van der Waals surface area contributed by atoms with E-state index >= 15 is 0 Å². The fraction of sp³-hybridized carbons (Fsp3) is 0.176. The van der Waals surface area contributed by atoms with Gasteiger partial charge in [0, 0.05) is 18.9 Å². The summed E-state index contributed by atoms with van der Waals surface area (Å²) in [5.74, 6) is -0.670. The summed E-state index contributed by atoms with van der Waals surface area (Å²) in [6.45, 7) is 4.89. The summed E-state index contributed by atoms with van der Waals surface area (Å²) in [6, 6.07) is 13.3. The first-order chi connectivity index (χ1) is 9.61. The molecule has 0 aliphatic carbocycles. The zero-order valence-corrected chi connectivity index (χ0v) is 11.3. The molecule has 0 radical (unpaired) electrons. The van der Waals surface area contributed by atoms with Crippen LogP contribution >= 0.6 is 0 Å². The van der Waals surface area contributed by atoms with E-state index in [1.165, 1.54) is 6.92 Å². The van der Waals surface area contributed by atoms with Crippen LogP contribution in [0.15, 0.2) is 55.1 Å². The summed E-state index contributed by atoms with van der Waals surface area (Å²) >= 11 is 0. The molecule has 0 aliphatic rings. The Labute approximate surface area is 117 Å². The number of hydrogen-bond acceptors (Lipinski definition) is 3. The lowest BCUT2D eigenvalue weighted by Crippen LogP contribution is -2.26. The Morgan fingerprint density at radius 3 is 2.55 bits per heavy atom. The molecule has 0 N–H and O–H groups in total. The fourth-order valence-electron chi connectivity index (χ4n) is 2.09. The first-order valence-corrected chi connectivity index (χ1v) is 6.43. The first kappa shape index (κ1) is 14.0. The maximum atomic E-state index is 12.4. The number of Topliss-reactive ketones (excluding diaryl/α,β-unsaturated/α-hetero) is 1. The van der Waals surface area contributed by atoms with E-state index in [0.29, 0.717) is 12.0 Å². The molecule has 2 aromatic rings. The molecular weight excluding hydrogens is 252 g/mol. The number of hydrogen-bond donors (Lipinski definition) is 0. The van der Waals surface area contributed by atoms with Gasteiger partial charge in [0.25, 0.3) is 0 Å². The zero-order valence-electron chi connectivity index (χ0n) is 11.3. The predicted molar refractivity (Wildman–Crippen MR) is 78.6 cm³/mol. The van der Waals surface area contributed by atoms with Gasteiger partial charge >= 0.3 is 5.97 Å². The number of carbonyl (C=O) groups is 2. The molecule has 0 bridgehead atoms. The molecule has 2 aromatic carbocycles. The molecule has 0 amide bonds. The molecule has 0 fully saturated rings. The number of benzene rings is 2. The summed E-state index contributed by atoms with van der Waals surface area (Å²) in [5, 5.41) is 2.05. The number of fused-ring (bicyclic) bond motifs is 1. The van der Waals surface area contributed by atoms with Gasteiger partial charge in [0.15, 0.2) is 6.10 Å². The Bertz CT molecular complexity index is 658. The average Bonchev–Trinajstić information content (AvgIpc) is 2.45. The molecule has 0 heterocycles. The van der Waals surface area contributed by atoms with E-state index in [9.17, 15) is 9.59 Å². The van der Waals surface area contributed by atoms with Crippen molar-refractivity contribution in [1.82, 2.24) is 0 Å². The van der Waals surface area contributed by atoms with Gasteiger partial charge in [-0.2, -0.15) is 0 Å². The van der Waals surface area contributed by atoms with Crippen LogP contribution in [0.3, 0.4) is 0 Å². The minimum atomic E-state index is -0.800. The van der Waals surface area contributed by atoms with Crippen molar-refractivity contribution in [3.63, 3.8) is 0 Å². The normalized spacial score (nSPS) is 11.8. The molecule has 102 valence electrons. The molecule has 0 saturated heterocycles. The second-order valence-corrected chi connectivity index (χ2v) is 4.55. The van der Waals surface area contributed by atoms with Gasteiger partial charge in [-0.05, 0) is 16.8 Å². The summed E-state index contributed by atoms with van der Waals surface area (Å²) in [4.78, 5) is 23.5. The highest BCUT2D eigenvalue weighted by atomic mass is 16.5. The monoisotopic (exact) mass is 268 g/mol. The van der Waals surface area contributed by atoms with E-state index in [1.807, 2.05) is 36.4 Å². The average molecular weight is 268 g/mol. The van der Waals surface area contributed by atoms with Crippen molar-refractivity contribution in [1.29, 1.82) is 0 Å². The third kappa shape index (κ3) is 3.12. The molecule has 20 heavy (non-hydrogen) atoms.